The Bertz CT molecular complexity index is 692. The molecule has 0 saturated carbocycles. The molecular weight excluding hydrogens is 292 g/mol. The van der Waals surface area contributed by atoms with Gasteiger partial charge in [-0.2, -0.15) is 18.3 Å². The summed E-state index contributed by atoms with van der Waals surface area (Å²) in [5.74, 6) is -2.05. The molecule has 8 heteroatoms. The zero-order valence-electron chi connectivity index (χ0n) is 11.0. The molecule has 4 nitrogen and oxygen atoms in total. The first-order chi connectivity index (χ1) is 9.75. The van der Waals surface area contributed by atoms with Gasteiger partial charge < -0.3 is 4.74 Å². The van der Waals surface area contributed by atoms with Crippen molar-refractivity contribution < 1.29 is 27.1 Å². The van der Waals surface area contributed by atoms with Gasteiger partial charge in [0.1, 0.15) is 5.82 Å². The second kappa shape index (κ2) is 5.19. The van der Waals surface area contributed by atoms with Gasteiger partial charge >= 0.3 is 6.18 Å². The number of carbonyl (C=O) groups excluding carboxylic acids is 1. The maximum Gasteiger partial charge on any atom is 0.419 e. The number of rotatable bonds is 3. The molecule has 0 fully saturated rings. The predicted octanol–water partition coefficient (Wildman–Crippen LogP) is 2.82. The zero-order chi connectivity index (χ0) is 15.8. The van der Waals surface area contributed by atoms with Crippen molar-refractivity contribution in [1.82, 2.24) is 9.78 Å². The van der Waals surface area contributed by atoms with Crippen LogP contribution in [0.3, 0.4) is 0 Å². The van der Waals surface area contributed by atoms with Crippen LogP contribution in [0.2, 0.25) is 0 Å². The smallest absolute Gasteiger partial charge is 0.419 e. The van der Waals surface area contributed by atoms with Crippen LogP contribution in [0.15, 0.2) is 24.4 Å². The minimum Gasteiger partial charge on any atom is -0.493 e. The van der Waals surface area contributed by atoms with E-state index in [2.05, 4.69) is 5.10 Å². The summed E-state index contributed by atoms with van der Waals surface area (Å²) in [5, 5.41) is 3.80. The largest absolute Gasteiger partial charge is 0.493 e. The zero-order valence-corrected chi connectivity index (χ0v) is 11.0. The van der Waals surface area contributed by atoms with Crippen molar-refractivity contribution in [2.24, 2.45) is 7.05 Å². The van der Waals surface area contributed by atoms with E-state index in [0.29, 0.717) is 12.1 Å². The van der Waals surface area contributed by atoms with E-state index in [1.54, 1.807) is 0 Å². The first kappa shape index (κ1) is 15.0. The molecule has 21 heavy (non-hydrogen) atoms. The van der Waals surface area contributed by atoms with Crippen molar-refractivity contribution in [3.05, 3.63) is 47.0 Å². The van der Waals surface area contributed by atoms with Crippen LogP contribution in [0.25, 0.3) is 0 Å². The molecule has 0 radical (unpaired) electrons. The molecule has 1 aromatic heterocycles. The summed E-state index contributed by atoms with van der Waals surface area (Å²) in [6.07, 6.45) is -3.61. The molecule has 0 aliphatic carbocycles. The Balaban J connectivity index is 2.52. The molecule has 0 bridgehead atoms. The van der Waals surface area contributed by atoms with Gasteiger partial charge in [0.2, 0.25) is 5.78 Å². The molecule has 2 aromatic rings. The van der Waals surface area contributed by atoms with Gasteiger partial charge in [-0.1, -0.05) is 0 Å². The molecule has 0 spiro atoms. The van der Waals surface area contributed by atoms with Crippen LogP contribution in [-0.2, 0) is 13.2 Å². The highest BCUT2D eigenvalue weighted by molar-refractivity contribution is 6.09. The van der Waals surface area contributed by atoms with Crippen molar-refractivity contribution in [3.8, 4) is 5.75 Å². The van der Waals surface area contributed by atoms with Crippen LogP contribution in [0.1, 0.15) is 21.6 Å². The van der Waals surface area contributed by atoms with E-state index < -0.39 is 23.3 Å². The maximum atomic E-state index is 13.2. The Morgan fingerprint density at radius 2 is 2.00 bits per heavy atom. The van der Waals surface area contributed by atoms with Crippen molar-refractivity contribution in [2.45, 2.75) is 6.18 Å². The lowest BCUT2D eigenvalue weighted by atomic mass is 10.0. The molecule has 0 aliphatic heterocycles. The average molecular weight is 302 g/mol. The van der Waals surface area contributed by atoms with E-state index in [1.807, 2.05) is 0 Å². The summed E-state index contributed by atoms with van der Waals surface area (Å²) < 4.78 is 57.3. The molecule has 112 valence electrons. The van der Waals surface area contributed by atoms with E-state index in [9.17, 15) is 22.4 Å². The van der Waals surface area contributed by atoms with Gasteiger partial charge in [-0.15, -0.1) is 0 Å². The quantitative estimate of drug-likeness (QED) is 0.647. The molecular formula is C13H10F4N2O2. The third-order valence-electron chi connectivity index (χ3n) is 2.87. The number of hydrogen-bond donors (Lipinski definition) is 0. The second-order valence-electron chi connectivity index (χ2n) is 4.21. The minimum atomic E-state index is -4.88. The highest BCUT2D eigenvalue weighted by atomic mass is 19.4. The molecule has 0 aliphatic rings. The van der Waals surface area contributed by atoms with E-state index in [1.165, 1.54) is 25.0 Å². The first-order valence-corrected chi connectivity index (χ1v) is 5.73. The van der Waals surface area contributed by atoms with E-state index in [0.717, 1.165) is 6.07 Å². The van der Waals surface area contributed by atoms with Crippen LogP contribution in [0.4, 0.5) is 17.6 Å². The lowest BCUT2D eigenvalue weighted by molar-refractivity contribution is -0.140. The van der Waals surface area contributed by atoms with Gasteiger partial charge in [-0.3, -0.25) is 9.48 Å². The van der Waals surface area contributed by atoms with Crippen molar-refractivity contribution in [3.63, 3.8) is 0 Å². The summed E-state index contributed by atoms with van der Waals surface area (Å²) in [6, 6.07) is 2.07. The summed E-state index contributed by atoms with van der Waals surface area (Å²) >= 11 is 0. The minimum absolute atomic E-state index is 0.0165. The number of benzene rings is 1. The van der Waals surface area contributed by atoms with Crippen LogP contribution in [0.5, 0.6) is 5.75 Å². The highest BCUT2D eigenvalue weighted by Gasteiger charge is 2.35. The monoisotopic (exact) mass is 302 g/mol. The summed E-state index contributed by atoms with van der Waals surface area (Å²) in [7, 11) is 2.75. The van der Waals surface area contributed by atoms with Crippen LogP contribution < -0.4 is 4.74 Å². The van der Waals surface area contributed by atoms with Gasteiger partial charge in [0.05, 0.1) is 18.9 Å². The van der Waals surface area contributed by atoms with Crippen LogP contribution in [0, 0.1) is 5.82 Å². The number of aromatic nitrogens is 2. The number of halogens is 4. The number of aryl methyl sites for hydroxylation is 1. The number of carbonyl (C=O) groups is 1. The topological polar surface area (TPSA) is 44.1 Å². The summed E-state index contributed by atoms with van der Waals surface area (Å²) in [5.41, 5.74) is -1.81. The van der Waals surface area contributed by atoms with Crippen molar-refractivity contribution >= 4 is 5.78 Å². The van der Waals surface area contributed by atoms with E-state index >= 15 is 0 Å². The molecule has 0 amide bonds. The number of methoxy groups -OCH3 is 1. The molecule has 0 N–H and O–H groups in total. The Labute approximate surface area is 116 Å². The summed E-state index contributed by atoms with van der Waals surface area (Å²) in [4.78, 5) is 12.3. The number of alkyl halides is 3. The van der Waals surface area contributed by atoms with Crippen LogP contribution in [-0.4, -0.2) is 22.7 Å². The lowest BCUT2D eigenvalue weighted by Gasteiger charge is -2.10. The fourth-order valence-electron chi connectivity index (χ4n) is 1.85. The molecule has 1 heterocycles. The molecule has 0 atom stereocenters. The standard InChI is InChI=1S/C13H10F4N2O2/c1-19-11(10(21-2)6-18-19)12(20)7-3-4-9(14)8(5-7)13(15,16)17/h3-6H,1-2H3. The maximum absolute atomic E-state index is 13.2. The third-order valence-corrected chi connectivity index (χ3v) is 2.87. The predicted molar refractivity (Wildman–Crippen MR) is 64.6 cm³/mol. The fraction of sp³-hybridized carbons (Fsp3) is 0.231. The average Bonchev–Trinajstić information content (AvgIpc) is 2.78. The fourth-order valence-corrected chi connectivity index (χ4v) is 1.85. The van der Waals surface area contributed by atoms with Crippen LogP contribution >= 0.6 is 0 Å². The second-order valence-corrected chi connectivity index (χ2v) is 4.21. The number of hydrogen-bond acceptors (Lipinski definition) is 3. The lowest BCUT2D eigenvalue weighted by Crippen LogP contribution is -2.13. The highest BCUT2D eigenvalue weighted by Crippen LogP contribution is 2.32. The number of ketones is 1. The molecule has 0 saturated heterocycles. The van der Waals surface area contributed by atoms with Gasteiger partial charge in [0.15, 0.2) is 11.4 Å². The SMILES string of the molecule is COc1cnn(C)c1C(=O)c1ccc(F)c(C(F)(F)F)c1. The summed E-state index contributed by atoms with van der Waals surface area (Å²) in [6.45, 7) is 0. The van der Waals surface area contributed by atoms with E-state index in [4.69, 9.17) is 4.74 Å². The van der Waals surface area contributed by atoms with Gasteiger partial charge in [-0.25, -0.2) is 4.39 Å². The molecule has 2 rings (SSSR count). The van der Waals surface area contributed by atoms with Crippen molar-refractivity contribution in [1.29, 1.82) is 0 Å². The number of nitrogens with zero attached hydrogens (tertiary/aromatic N) is 2. The van der Waals surface area contributed by atoms with Gasteiger partial charge in [0.25, 0.3) is 0 Å². The van der Waals surface area contributed by atoms with Crippen molar-refractivity contribution in [2.75, 3.05) is 7.11 Å². The Morgan fingerprint density at radius 1 is 1.33 bits per heavy atom. The van der Waals surface area contributed by atoms with E-state index in [-0.39, 0.29) is 17.0 Å². The Kier molecular flexibility index (Phi) is 3.71. The first-order valence-electron chi connectivity index (χ1n) is 5.73. The Morgan fingerprint density at radius 3 is 2.57 bits per heavy atom. The normalized spacial score (nSPS) is 11.5. The molecule has 1 aromatic carbocycles. The Hall–Kier alpha value is -2.38. The molecule has 0 unspecified atom stereocenters. The third kappa shape index (κ3) is 2.74. The van der Waals surface area contributed by atoms with Gasteiger partial charge in [0, 0.05) is 12.6 Å². The number of ether oxygens (including phenoxy) is 1. The van der Waals surface area contributed by atoms with Gasteiger partial charge in [-0.05, 0) is 18.2 Å².